The minimum Gasteiger partial charge on any atom is -0.467 e. The van der Waals surface area contributed by atoms with Gasteiger partial charge < -0.3 is 14.8 Å². The summed E-state index contributed by atoms with van der Waals surface area (Å²) >= 11 is 0. The number of carbonyl (C=O) groups excluding carboxylic acids is 2. The number of esters is 1. The molecule has 1 N–H and O–H groups in total. The molecule has 0 saturated heterocycles. The first-order chi connectivity index (χ1) is 11.0. The van der Waals surface area contributed by atoms with Crippen molar-refractivity contribution >= 4 is 11.9 Å². The Hall–Kier alpha value is -1.88. The summed E-state index contributed by atoms with van der Waals surface area (Å²) in [7, 11) is 1.35. The van der Waals surface area contributed by atoms with Crippen LogP contribution in [0.1, 0.15) is 32.8 Å². The van der Waals surface area contributed by atoms with E-state index in [2.05, 4.69) is 5.32 Å². The fraction of sp³-hybridized carbons (Fsp3) is 0.556. The minimum absolute atomic E-state index is 0.00118. The van der Waals surface area contributed by atoms with Crippen LogP contribution in [-0.2, 0) is 25.5 Å². The Bertz CT molecular complexity index is 489. The van der Waals surface area contributed by atoms with E-state index in [0.717, 1.165) is 12.0 Å². The van der Waals surface area contributed by atoms with Crippen molar-refractivity contribution < 1.29 is 19.1 Å². The highest BCUT2D eigenvalue weighted by Gasteiger charge is 2.22. The molecule has 0 aliphatic heterocycles. The number of carbonyl (C=O) groups is 2. The van der Waals surface area contributed by atoms with Crippen molar-refractivity contribution in [2.45, 2.75) is 45.8 Å². The Kier molecular flexibility index (Phi) is 8.33. The predicted molar refractivity (Wildman–Crippen MR) is 89.0 cm³/mol. The van der Waals surface area contributed by atoms with Crippen molar-refractivity contribution in [1.29, 1.82) is 0 Å². The van der Waals surface area contributed by atoms with E-state index in [-0.39, 0.29) is 24.5 Å². The lowest BCUT2D eigenvalue weighted by Crippen LogP contribution is -2.41. The smallest absolute Gasteiger partial charge is 0.335 e. The first-order valence-electron chi connectivity index (χ1n) is 8.01. The number of hydrogen-bond donors (Lipinski definition) is 1. The first kappa shape index (κ1) is 19.2. The molecule has 0 radical (unpaired) electrons. The van der Waals surface area contributed by atoms with Gasteiger partial charge in [-0.25, -0.2) is 4.79 Å². The topological polar surface area (TPSA) is 64.6 Å². The third-order valence-corrected chi connectivity index (χ3v) is 3.72. The van der Waals surface area contributed by atoms with Crippen molar-refractivity contribution in [3.63, 3.8) is 0 Å². The monoisotopic (exact) mass is 321 g/mol. The van der Waals surface area contributed by atoms with Gasteiger partial charge in [0.15, 0.2) is 6.10 Å². The number of rotatable bonds is 9. The molecule has 0 saturated carbocycles. The Morgan fingerprint density at radius 1 is 1.17 bits per heavy atom. The fourth-order valence-corrected chi connectivity index (χ4v) is 2.04. The second kappa shape index (κ2) is 10.0. The van der Waals surface area contributed by atoms with Crippen LogP contribution in [0.3, 0.4) is 0 Å². The van der Waals surface area contributed by atoms with Gasteiger partial charge in [-0.05, 0) is 18.9 Å². The number of nitrogens with one attached hydrogen (secondary N) is 1. The molecular formula is C18H27NO4. The van der Waals surface area contributed by atoms with Crippen LogP contribution in [0.2, 0.25) is 0 Å². The molecule has 128 valence electrons. The standard InChI is InChI=1S/C18H27NO4/c1-5-13(2)17(20)19-14(3)12-23-16(18(21)22-4)11-15-9-7-6-8-10-15/h6-10,13-14,16H,5,11-12H2,1-4H3,(H,19,20)/t13-,14-,16-/m0/s1. The summed E-state index contributed by atoms with van der Waals surface area (Å²) in [4.78, 5) is 23.7. The molecule has 3 atom stereocenters. The molecule has 5 nitrogen and oxygen atoms in total. The summed E-state index contributed by atoms with van der Waals surface area (Å²) in [6, 6.07) is 9.46. The molecule has 5 heteroatoms. The Morgan fingerprint density at radius 2 is 1.83 bits per heavy atom. The van der Waals surface area contributed by atoms with Gasteiger partial charge in [0, 0.05) is 18.4 Å². The summed E-state index contributed by atoms with van der Waals surface area (Å²) in [6.45, 7) is 5.97. The van der Waals surface area contributed by atoms with Crippen LogP contribution in [0.15, 0.2) is 30.3 Å². The van der Waals surface area contributed by atoms with E-state index >= 15 is 0 Å². The fourth-order valence-electron chi connectivity index (χ4n) is 2.04. The molecule has 0 aliphatic rings. The van der Waals surface area contributed by atoms with Crippen LogP contribution in [0.4, 0.5) is 0 Å². The Morgan fingerprint density at radius 3 is 2.39 bits per heavy atom. The molecule has 1 aromatic rings. The summed E-state index contributed by atoms with van der Waals surface area (Å²) in [5.74, 6) is -0.436. The van der Waals surface area contributed by atoms with E-state index in [0.29, 0.717) is 6.42 Å². The van der Waals surface area contributed by atoms with Crippen molar-refractivity contribution in [3.05, 3.63) is 35.9 Å². The van der Waals surface area contributed by atoms with E-state index in [4.69, 9.17) is 9.47 Å². The van der Waals surface area contributed by atoms with E-state index in [1.54, 1.807) is 0 Å². The van der Waals surface area contributed by atoms with Crippen molar-refractivity contribution in [1.82, 2.24) is 5.32 Å². The maximum Gasteiger partial charge on any atom is 0.335 e. The zero-order valence-electron chi connectivity index (χ0n) is 14.4. The van der Waals surface area contributed by atoms with E-state index in [1.165, 1.54) is 7.11 Å². The second-order valence-corrected chi connectivity index (χ2v) is 5.75. The lowest BCUT2D eigenvalue weighted by molar-refractivity contribution is -0.154. The Labute approximate surface area is 138 Å². The van der Waals surface area contributed by atoms with Gasteiger partial charge in [-0.2, -0.15) is 0 Å². The SMILES string of the molecule is CC[C@H](C)C(=O)N[C@@H](C)CO[C@@H](Cc1ccccc1)C(=O)OC. The zero-order valence-corrected chi connectivity index (χ0v) is 14.4. The third-order valence-electron chi connectivity index (χ3n) is 3.72. The van der Waals surface area contributed by atoms with Crippen molar-refractivity contribution in [2.24, 2.45) is 5.92 Å². The van der Waals surface area contributed by atoms with E-state index in [9.17, 15) is 9.59 Å². The predicted octanol–water partition coefficient (Wildman–Crippen LogP) is 2.34. The van der Waals surface area contributed by atoms with Gasteiger partial charge in [0.05, 0.1) is 13.7 Å². The van der Waals surface area contributed by atoms with Crippen molar-refractivity contribution in [2.75, 3.05) is 13.7 Å². The average molecular weight is 321 g/mol. The molecule has 0 fully saturated rings. The molecule has 1 amide bonds. The number of hydrogen-bond acceptors (Lipinski definition) is 4. The summed E-state index contributed by atoms with van der Waals surface area (Å²) in [5, 5.41) is 2.89. The van der Waals surface area contributed by atoms with Crippen LogP contribution in [0.25, 0.3) is 0 Å². The van der Waals surface area contributed by atoms with Crippen molar-refractivity contribution in [3.8, 4) is 0 Å². The van der Waals surface area contributed by atoms with Gasteiger partial charge in [0.1, 0.15) is 0 Å². The lowest BCUT2D eigenvalue weighted by atomic mass is 10.1. The molecule has 0 aromatic heterocycles. The quantitative estimate of drug-likeness (QED) is 0.709. The van der Waals surface area contributed by atoms with Crippen LogP contribution in [-0.4, -0.2) is 37.7 Å². The van der Waals surface area contributed by atoms with Crippen LogP contribution >= 0.6 is 0 Å². The first-order valence-corrected chi connectivity index (χ1v) is 8.01. The molecule has 0 unspecified atom stereocenters. The molecule has 1 aromatic carbocycles. The molecule has 0 aliphatic carbocycles. The highest BCUT2D eigenvalue weighted by Crippen LogP contribution is 2.08. The molecule has 0 spiro atoms. The Balaban J connectivity index is 2.54. The van der Waals surface area contributed by atoms with Crippen LogP contribution in [0, 0.1) is 5.92 Å². The molecule has 23 heavy (non-hydrogen) atoms. The average Bonchev–Trinajstić information content (AvgIpc) is 2.57. The number of benzene rings is 1. The maximum atomic E-state index is 11.9. The van der Waals surface area contributed by atoms with Gasteiger partial charge in [-0.1, -0.05) is 44.2 Å². The second-order valence-electron chi connectivity index (χ2n) is 5.75. The molecule has 0 bridgehead atoms. The molecule has 1 rings (SSSR count). The minimum atomic E-state index is -0.676. The summed E-state index contributed by atoms with van der Waals surface area (Å²) in [6.07, 6.45) is 0.558. The van der Waals surface area contributed by atoms with Gasteiger partial charge >= 0.3 is 5.97 Å². The summed E-state index contributed by atoms with van der Waals surface area (Å²) < 4.78 is 10.5. The van der Waals surface area contributed by atoms with Crippen LogP contribution in [0.5, 0.6) is 0 Å². The van der Waals surface area contributed by atoms with E-state index < -0.39 is 12.1 Å². The largest absolute Gasteiger partial charge is 0.467 e. The third kappa shape index (κ3) is 6.82. The highest BCUT2D eigenvalue weighted by atomic mass is 16.6. The lowest BCUT2D eigenvalue weighted by Gasteiger charge is -2.20. The molecular weight excluding hydrogens is 294 g/mol. The van der Waals surface area contributed by atoms with E-state index in [1.807, 2.05) is 51.1 Å². The normalized spacial score (nSPS) is 14.6. The summed E-state index contributed by atoms with van der Waals surface area (Å²) in [5.41, 5.74) is 0.999. The number of methoxy groups -OCH3 is 1. The van der Waals surface area contributed by atoms with Gasteiger partial charge in [0.2, 0.25) is 5.91 Å². The van der Waals surface area contributed by atoms with Gasteiger partial charge in [0.25, 0.3) is 0 Å². The highest BCUT2D eigenvalue weighted by molar-refractivity contribution is 5.78. The van der Waals surface area contributed by atoms with Crippen LogP contribution < -0.4 is 5.32 Å². The number of ether oxygens (including phenoxy) is 2. The number of amides is 1. The maximum absolute atomic E-state index is 11.9. The van der Waals surface area contributed by atoms with Gasteiger partial charge in [-0.3, -0.25) is 4.79 Å². The molecule has 0 heterocycles. The zero-order chi connectivity index (χ0) is 17.2. The van der Waals surface area contributed by atoms with Gasteiger partial charge in [-0.15, -0.1) is 0 Å².